The van der Waals surface area contributed by atoms with Crippen molar-refractivity contribution in [2.75, 3.05) is 0 Å². The van der Waals surface area contributed by atoms with E-state index >= 15 is 0 Å². The molecule has 0 rings (SSSR count). The number of unbranched alkanes of at least 4 members (excludes halogenated alkanes) is 3. The highest BCUT2D eigenvalue weighted by atomic mass is 31.2. The number of hydrogen-bond acceptors (Lipinski definition) is 2. The zero-order chi connectivity index (χ0) is 14.6. The van der Waals surface area contributed by atoms with Crippen LogP contribution in [-0.4, -0.2) is 24.5 Å². The summed E-state index contributed by atoms with van der Waals surface area (Å²) in [7, 11) is -9.77. The average Bonchev–Trinajstić information content (AvgIpc) is 2.19. The maximum atomic E-state index is 11.4. The van der Waals surface area contributed by atoms with Gasteiger partial charge in [-0.3, -0.25) is 9.13 Å². The molecule has 0 heterocycles. The van der Waals surface area contributed by atoms with Gasteiger partial charge in [0.25, 0.3) is 0 Å². The van der Waals surface area contributed by atoms with Crippen LogP contribution in [0.3, 0.4) is 0 Å². The maximum absolute atomic E-state index is 11.4. The third-order valence-electron chi connectivity index (χ3n) is 3.60. The van der Waals surface area contributed by atoms with E-state index in [2.05, 4.69) is 0 Å². The van der Waals surface area contributed by atoms with Gasteiger partial charge in [0.05, 0.1) is 0 Å². The average molecular weight is 302 g/mol. The zero-order valence-corrected chi connectivity index (χ0v) is 12.9. The maximum Gasteiger partial charge on any atom is 0.343 e. The van der Waals surface area contributed by atoms with E-state index in [9.17, 15) is 28.7 Å². The van der Waals surface area contributed by atoms with Crippen molar-refractivity contribution in [2.45, 2.75) is 57.8 Å². The van der Waals surface area contributed by atoms with Crippen LogP contribution in [0.2, 0.25) is 0 Å². The van der Waals surface area contributed by atoms with Crippen molar-refractivity contribution in [2.24, 2.45) is 5.92 Å². The van der Waals surface area contributed by atoms with Gasteiger partial charge < -0.3 is 19.6 Å². The van der Waals surface area contributed by atoms with Gasteiger partial charge in [0.15, 0.2) is 4.90 Å². The third-order valence-corrected chi connectivity index (χ3v) is 8.41. The van der Waals surface area contributed by atoms with Crippen LogP contribution in [0, 0.1) is 5.92 Å². The van der Waals surface area contributed by atoms with Crippen LogP contribution in [0.1, 0.15) is 52.9 Å². The molecule has 0 aromatic carbocycles. The van der Waals surface area contributed by atoms with Gasteiger partial charge in [0.2, 0.25) is 0 Å². The Morgan fingerprint density at radius 2 is 1.44 bits per heavy atom. The molecule has 6 nitrogen and oxygen atoms in total. The Labute approximate surface area is 108 Å². The lowest BCUT2D eigenvalue weighted by molar-refractivity contribution is 0.275. The molecule has 8 heteroatoms. The van der Waals surface area contributed by atoms with Gasteiger partial charge in [-0.05, 0) is 19.3 Å². The van der Waals surface area contributed by atoms with Gasteiger partial charge in [0, 0.05) is 0 Å². The van der Waals surface area contributed by atoms with Crippen LogP contribution < -0.4 is 0 Å². The second-order valence-corrected chi connectivity index (χ2v) is 9.32. The molecule has 0 bridgehead atoms. The second kappa shape index (κ2) is 6.65. The molecular weight excluding hydrogens is 278 g/mol. The summed E-state index contributed by atoms with van der Waals surface area (Å²) < 4.78 is 22.9. The molecule has 18 heavy (non-hydrogen) atoms. The Bertz CT molecular complexity index is 322. The molecule has 0 amide bonds. The molecule has 0 aliphatic carbocycles. The Morgan fingerprint density at radius 3 is 1.78 bits per heavy atom. The summed E-state index contributed by atoms with van der Waals surface area (Å²) in [6.45, 7) is 4.52. The fraction of sp³-hybridized carbons (Fsp3) is 1.00. The highest BCUT2D eigenvalue weighted by Gasteiger charge is 2.59. The van der Waals surface area contributed by atoms with E-state index in [1.54, 1.807) is 0 Å². The molecule has 1 unspecified atom stereocenters. The van der Waals surface area contributed by atoms with Crippen LogP contribution in [-0.2, 0) is 9.13 Å². The first-order chi connectivity index (χ1) is 7.98. The highest BCUT2D eigenvalue weighted by Crippen LogP contribution is 2.72. The molecule has 4 N–H and O–H groups in total. The minimum atomic E-state index is -4.88. The third kappa shape index (κ3) is 4.16. The minimum Gasteiger partial charge on any atom is -0.324 e. The van der Waals surface area contributed by atoms with Gasteiger partial charge in [-0.15, -0.1) is 0 Å². The lowest BCUT2D eigenvalue weighted by atomic mass is 9.99. The molecule has 0 aromatic rings. The summed E-state index contributed by atoms with van der Waals surface area (Å²) in [5.74, 6) is -0.740. The predicted molar refractivity (Wildman–Crippen MR) is 70.4 cm³/mol. The Hall–Kier alpha value is 0.300. The highest BCUT2D eigenvalue weighted by molar-refractivity contribution is 7.72. The Morgan fingerprint density at radius 1 is 1.00 bits per heavy atom. The van der Waals surface area contributed by atoms with E-state index in [1.807, 2.05) is 6.92 Å². The summed E-state index contributed by atoms with van der Waals surface area (Å²) >= 11 is 0. The van der Waals surface area contributed by atoms with E-state index in [4.69, 9.17) is 0 Å². The topological polar surface area (TPSA) is 115 Å². The van der Waals surface area contributed by atoms with Gasteiger partial charge in [-0.2, -0.15) is 0 Å². The first kappa shape index (κ1) is 18.3. The number of hydrogen-bond donors (Lipinski definition) is 4. The summed E-state index contributed by atoms with van der Waals surface area (Å²) in [4.78, 5) is 34.8. The molecule has 0 saturated heterocycles. The molecule has 0 aromatic heterocycles. The molecule has 0 aliphatic heterocycles. The molecule has 1 atom stereocenters. The van der Waals surface area contributed by atoms with E-state index in [1.165, 1.54) is 6.92 Å². The van der Waals surface area contributed by atoms with Crippen LogP contribution in [0.15, 0.2) is 0 Å². The van der Waals surface area contributed by atoms with Crippen molar-refractivity contribution in [3.8, 4) is 0 Å². The standard InChI is InChI=1S/C10H24O6P2/c1-4-5-6-7-8-9(2)10(3,17(11,12)13)18(14,15)16/h9H,4-8H2,1-3H3,(H2,11,12,13)(H2,14,15,16). The molecule has 0 spiro atoms. The predicted octanol–water partition coefficient (Wildman–Crippen LogP) is 2.66. The van der Waals surface area contributed by atoms with Gasteiger partial charge in [-0.1, -0.05) is 39.5 Å². The van der Waals surface area contributed by atoms with Crippen LogP contribution in [0.4, 0.5) is 0 Å². The fourth-order valence-corrected chi connectivity index (χ4v) is 4.66. The normalized spacial score (nSPS) is 15.7. The fourth-order valence-electron chi connectivity index (χ4n) is 1.89. The van der Waals surface area contributed by atoms with E-state index in [0.29, 0.717) is 12.8 Å². The summed E-state index contributed by atoms with van der Waals surface area (Å²) in [5.41, 5.74) is 0. The Kier molecular flexibility index (Phi) is 6.76. The minimum absolute atomic E-state index is 0.396. The molecule has 110 valence electrons. The van der Waals surface area contributed by atoms with E-state index in [-0.39, 0.29) is 0 Å². The zero-order valence-electron chi connectivity index (χ0n) is 11.1. The van der Waals surface area contributed by atoms with Crippen LogP contribution in [0.25, 0.3) is 0 Å². The van der Waals surface area contributed by atoms with Crippen molar-refractivity contribution < 1.29 is 28.7 Å². The summed E-state index contributed by atoms with van der Waals surface area (Å²) in [6.07, 6.45) is 4.05. The molecular formula is C10H24O6P2. The van der Waals surface area contributed by atoms with E-state index < -0.39 is 26.0 Å². The lowest BCUT2D eigenvalue weighted by Gasteiger charge is -2.36. The quantitative estimate of drug-likeness (QED) is 0.405. The molecule has 0 radical (unpaired) electrons. The molecule has 0 aliphatic rings. The van der Waals surface area contributed by atoms with Crippen molar-refractivity contribution in [3.63, 3.8) is 0 Å². The number of rotatable bonds is 8. The first-order valence-electron chi connectivity index (χ1n) is 6.09. The SMILES string of the molecule is CCCCCCC(C)C(C)(P(=O)(O)O)P(=O)(O)O. The monoisotopic (exact) mass is 302 g/mol. The summed E-state index contributed by atoms with van der Waals surface area (Å²) in [5, 5.41) is 0. The second-order valence-electron chi connectivity index (χ2n) is 4.93. The van der Waals surface area contributed by atoms with E-state index in [0.717, 1.165) is 26.2 Å². The summed E-state index contributed by atoms with van der Waals surface area (Å²) in [6, 6.07) is 0. The van der Waals surface area contributed by atoms with Gasteiger partial charge in [0.1, 0.15) is 0 Å². The van der Waals surface area contributed by atoms with Crippen LogP contribution >= 0.6 is 15.2 Å². The first-order valence-corrected chi connectivity index (χ1v) is 9.32. The largest absolute Gasteiger partial charge is 0.343 e. The molecule has 0 fully saturated rings. The lowest BCUT2D eigenvalue weighted by Crippen LogP contribution is -2.33. The van der Waals surface area contributed by atoms with Crippen LogP contribution in [0.5, 0.6) is 0 Å². The smallest absolute Gasteiger partial charge is 0.324 e. The van der Waals surface area contributed by atoms with Crippen molar-refractivity contribution in [1.29, 1.82) is 0 Å². The Balaban J connectivity index is 4.91. The van der Waals surface area contributed by atoms with Crippen molar-refractivity contribution >= 4 is 15.2 Å². The van der Waals surface area contributed by atoms with Gasteiger partial charge >= 0.3 is 15.2 Å². The van der Waals surface area contributed by atoms with Crippen molar-refractivity contribution in [3.05, 3.63) is 0 Å². The van der Waals surface area contributed by atoms with Gasteiger partial charge in [-0.25, -0.2) is 0 Å². The van der Waals surface area contributed by atoms with Crippen molar-refractivity contribution in [1.82, 2.24) is 0 Å². The molecule has 0 saturated carbocycles.